The summed E-state index contributed by atoms with van der Waals surface area (Å²) in [5.74, 6) is 0.116. The summed E-state index contributed by atoms with van der Waals surface area (Å²) in [5, 5.41) is 0.626. The van der Waals surface area contributed by atoms with Crippen molar-refractivity contribution in [1.82, 2.24) is 14.5 Å². The summed E-state index contributed by atoms with van der Waals surface area (Å²) >= 11 is 5.32. The highest BCUT2D eigenvalue weighted by atomic mass is 32.1. The molecule has 0 radical (unpaired) electrons. The third-order valence-corrected chi connectivity index (χ3v) is 4.10. The number of likely N-dealkylation sites (N-methyl/N-ethyl adjacent to an activating group) is 1. The second-order valence-corrected chi connectivity index (χ2v) is 5.50. The molecule has 1 saturated heterocycles. The van der Waals surface area contributed by atoms with E-state index >= 15 is 0 Å². The van der Waals surface area contributed by atoms with E-state index in [0.717, 1.165) is 5.52 Å². The van der Waals surface area contributed by atoms with Gasteiger partial charge < -0.3 is 9.88 Å². The maximum Gasteiger partial charge on any atom is 0.262 e. The number of amides is 1. The molecule has 1 aliphatic rings. The van der Waals surface area contributed by atoms with Crippen LogP contribution in [-0.4, -0.2) is 34.0 Å². The van der Waals surface area contributed by atoms with Crippen LogP contribution in [0.4, 0.5) is 0 Å². The van der Waals surface area contributed by atoms with Crippen molar-refractivity contribution in [3.8, 4) is 0 Å². The Kier molecular flexibility index (Phi) is 3.17. The van der Waals surface area contributed by atoms with E-state index in [9.17, 15) is 9.59 Å². The van der Waals surface area contributed by atoms with Crippen LogP contribution in [0.5, 0.6) is 0 Å². The number of hydrogen-bond donors (Lipinski definition) is 1. The van der Waals surface area contributed by atoms with Crippen molar-refractivity contribution < 1.29 is 4.79 Å². The first-order valence-electron chi connectivity index (χ1n) is 6.55. The van der Waals surface area contributed by atoms with Crippen LogP contribution >= 0.6 is 12.2 Å². The van der Waals surface area contributed by atoms with Gasteiger partial charge in [0.15, 0.2) is 4.77 Å². The van der Waals surface area contributed by atoms with E-state index in [1.165, 1.54) is 0 Å². The first-order valence-corrected chi connectivity index (χ1v) is 6.96. The number of H-pyrrole nitrogens is 1. The monoisotopic (exact) mass is 289 g/mol. The predicted molar refractivity (Wildman–Crippen MR) is 79.3 cm³/mol. The number of likely N-dealkylation sites (tertiary alicyclic amines) is 1. The lowest BCUT2D eigenvalue weighted by molar-refractivity contribution is -0.132. The molecule has 5 nitrogen and oxygen atoms in total. The molecule has 0 spiro atoms. The van der Waals surface area contributed by atoms with E-state index in [2.05, 4.69) is 4.98 Å². The fourth-order valence-electron chi connectivity index (χ4n) is 2.71. The summed E-state index contributed by atoms with van der Waals surface area (Å²) in [6, 6.07) is 7.27. The number of piperidine rings is 1. The third kappa shape index (κ3) is 2.06. The van der Waals surface area contributed by atoms with Crippen molar-refractivity contribution in [3.63, 3.8) is 0 Å². The minimum Gasteiger partial charge on any atom is -0.344 e. The van der Waals surface area contributed by atoms with Gasteiger partial charge in [-0.2, -0.15) is 0 Å². The zero-order valence-electron chi connectivity index (χ0n) is 11.1. The van der Waals surface area contributed by atoms with Gasteiger partial charge in [-0.3, -0.25) is 14.2 Å². The van der Waals surface area contributed by atoms with Crippen molar-refractivity contribution >= 4 is 29.0 Å². The van der Waals surface area contributed by atoms with Crippen molar-refractivity contribution in [2.75, 3.05) is 13.6 Å². The normalized spacial score (nSPS) is 19.6. The molecule has 1 aromatic heterocycles. The molecule has 104 valence electrons. The Morgan fingerprint density at radius 1 is 1.30 bits per heavy atom. The van der Waals surface area contributed by atoms with Crippen LogP contribution in [-0.2, 0) is 4.79 Å². The van der Waals surface area contributed by atoms with Crippen molar-refractivity contribution in [1.29, 1.82) is 0 Å². The van der Waals surface area contributed by atoms with Crippen LogP contribution in [0.1, 0.15) is 18.9 Å². The van der Waals surface area contributed by atoms with Crippen LogP contribution < -0.4 is 5.56 Å². The average Bonchev–Trinajstić information content (AvgIpc) is 2.43. The number of hydrogen-bond acceptors (Lipinski definition) is 3. The Bertz CT molecular complexity index is 793. The second-order valence-electron chi connectivity index (χ2n) is 5.12. The van der Waals surface area contributed by atoms with Gasteiger partial charge in [0.1, 0.15) is 0 Å². The fourth-order valence-corrected chi connectivity index (χ4v) is 3.05. The van der Waals surface area contributed by atoms with E-state index in [1.807, 2.05) is 18.2 Å². The second kappa shape index (κ2) is 4.86. The average molecular weight is 289 g/mol. The van der Waals surface area contributed by atoms with Crippen molar-refractivity contribution in [2.45, 2.75) is 18.9 Å². The Morgan fingerprint density at radius 2 is 2.05 bits per heavy atom. The zero-order chi connectivity index (χ0) is 14.3. The molecule has 1 N–H and O–H groups in total. The minimum atomic E-state index is -0.0860. The van der Waals surface area contributed by atoms with E-state index in [1.54, 1.807) is 22.6 Å². The molecule has 1 amide bonds. The van der Waals surface area contributed by atoms with Gasteiger partial charge in [0.25, 0.3) is 5.56 Å². The molecular formula is C14H15N3O2S. The Labute approximate surface area is 120 Å². The standard InChI is InChI=1S/C14H15N3O2S/c1-16-8-9(6-7-12(16)18)17-13(19)10-4-2-3-5-11(10)15-14(17)20/h2-5,9H,6-8H2,1H3,(H,15,20). The third-order valence-electron chi connectivity index (χ3n) is 3.80. The van der Waals surface area contributed by atoms with Gasteiger partial charge in [-0.25, -0.2) is 0 Å². The summed E-state index contributed by atoms with van der Waals surface area (Å²) in [4.78, 5) is 28.9. The molecule has 2 heterocycles. The van der Waals surface area contributed by atoms with Gasteiger partial charge in [0.05, 0.1) is 16.9 Å². The smallest absolute Gasteiger partial charge is 0.262 e. The number of rotatable bonds is 1. The van der Waals surface area contributed by atoms with E-state index < -0.39 is 0 Å². The molecule has 1 atom stereocenters. The molecule has 1 aromatic carbocycles. The number of nitrogens with zero attached hydrogens (tertiary/aromatic N) is 2. The van der Waals surface area contributed by atoms with Gasteiger partial charge in [-0.15, -0.1) is 0 Å². The topological polar surface area (TPSA) is 58.1 Å². The summed E-state index contributed by atoms with van der Waals surface area (Å²) < 4.78 is 2.03. The molecule has 0 aliphatic carbocycles. The molecule has 20 heavy (non-hydrogen) atoms. The quantitative estimate of drug-likeness (QED) is 0.815. The summed E-state index contributed by atoms with van der Waals surface area (Å²) in [6.07, 6.45) is 1.11. The number of aromatic amines is 1. The molecule has 1 aliphatic heterocycles. The van der Waals surface area contributed by atoms with Crippen molar-refractivity contribution in [2.24, 2.45) is 0 Å². The number of fused-ring (bicyclic) bond motifs is 1. The number of nitrogens with one attached hydrogen (secondary N) is 1. The molecule has 2 aromatic rings. The molecule has 6 heteroatoms. The lowest BCUT2D eigenvalue weighted by atomic mass is 10.1. The van der Waals surface area contributed by atoms with E-state index in [0.29, 0.717) is 29.5 Å². The predicted octanol–water partition coefficient (Wildman–Crippen LogP) is 1.85. The minimum absolute atomic E-state index is 0.0569. The molecule has 1 fully saturated rings. The molecular weight excluding hydrogens is 274 g/mol. The highest BCUT2D eigenvalue weighted by molar-refractivity contribution is 7.71. The van der Waals surface area contributed by atoms with Crippen molar-refractivity contribution in [3.05, 3.63) is 39.4 Å². The zero-order valence-corrected chi connectivity index (χ0v) is 11.9. The lowest BCUT2D eigenvalue weighted by Crippen LogP contribution is -2.41. The maximum absolute atomic E-state index is 12.6. The van der Waals surface area contributed by atoms with Crippen LogP contribution in [0.2, 0.25) is 0 Å². The van der Waals surface area contributed by atoms with Gasteiger partial charge in [0, 0.05) is 20.0 Å². The number of para-hydroxylation sites is 1. The molecule has 0 bridgehead atoms. The molecule has 0 saturated carbocycles. The van der Waals surface area contributed by atoms with Crippen LogP contribution in [0, 0.1) is 4.77 Å². The number of aromatic nitrogens is 2. The summed E-state index contributed by atoms with van der Waals surface area (Å²) in [6.45, 7) is 0.522. The SMILES string of the molecule is CN1CC(n2c(=S)[nH]c3ccccc3c2=O)CCC1=O. The number of benzene rings is 1. The molecule has 3 rings (SSSR count). The van der Waals surface area contributed by atoms with Gasteiger partial charge in [-0.05, 0) is 30.8 Å². The van der Waals surface area contributed by atoms with Crippen LogP contribution in [0.25, 0.3) is 10.9 Å². The Morgan fingerprint density at radius 3 is 2.80 bits per heavy atom. The van der Waals surface area contributed by atoms with Crippen LogP contribution in [0.3, 0.4) is 0 Å². The van der Waals surface area contributed by atoms with Gasteiger partial charge in [0.2, 0.25) is 5.91 Å². The Balaban J connectivity index is 2.15. The largest absolute Gasteiger partial charge is 0.344 e. The molecule has 1 unspecified atom stereocenters. The maximum atomic E-state index is 12.6. The highest BCUT2D eigenvalue weighted by Crippen LogP contribution is 2.21. The number of carbonyl (C=O) groups is 1. The summed E-state index contributed by atoms with van der Waals surface area (Å²) in [5.41, 5.74) is 0.663. The fraction of sp³-hybridized carbons (Fsp3) is 0.357. The van der Waals surface area contributed by atoms with E-state index in [-0.39, 0.29) is 17.5 Å². The first kappa shape index (κ1) is 13.1. The Hall–Kier alpha value is -1.95. The first-order chi connectivity index (χ1) is 9.58. The van der Waals surface area contributed by atoms with Gasteiger partial charge in [-0.1, -0.05) is 12.1 Å². The van der Waals surface area contributed by atoms with E-state index in [4.69, 9.17) is 12.2 Å². The summed E-state index contributed by atoms with van der Waals surface area (Å²) in [7, 11) is 1.76. The lowest BCUT2D eigenvalue weighted by Gasteiger charge is -2.30. The van der Waals surface area contributed by atoms with Crippen LogP contribution in [0.15, 0.2) is 29.1 Å². The number of carbonyl (C=O) groups excluding carboxylic acids is 1. The van der Waals surface area contributed by atoms with Gasteiger partial charge >= 0.3 is 0 Å². The highest BCUT2D eigenvalue weighted by Gasteiger charge is 2.25.